The van der Waals surface area contributed by atoms with Crippen molar-refractivity contribution in [2.45, 2.75) is 57.5 Å². The van der Waals surface area contributed by atoms with Crippen molar-refractivity contribution in [2.75, 3.05) is 25.9 Å². The van der Waals surface area contributed by atoms with E-state index in [4.69, 9.17) is 0 Å². The van der Waals surface area contributed by atoms with Crippen LogP contribution in [-0.2, 0) is 13.0 Å². The molecule has 0 aliphatic heterocycles. The Bertz CT molecular complexity index is 1240. The smallest absolute Gasteiger partial charge is 0.270 e. The number of rotatable bonds is 11. The van der Waals surface area contributed by atoms with Gasteiger partial charge in [0.05, 0.1) is 0 Å². The Labute approximate surface area is 232 Å². The molecular formula is C28H37F3N6OS. The number of benzene rings is 1. The zero-order valence-corrected chi connectivity index (χ0v) is 24.0. The van der Waals surface area contributed by atoms with Gasteiger partial charge in [-0.1, -0.05) is 30.8 Å². The van der Waals surface area contributed by atoms with Crippen molar-refractivity contribution in [3.63, 3.8) is 0 Å². The summed E-state index contributed by atoms with van der Waals surface area (Å²) in [6.45, 7) is 6.81. The Morgan fingerprint density at radius 2 is 1.92 bits per heavy atom. The maximum atomic E-state index is 12.8. The van der Waals surface area contributed by atoms with Crippen LogP contribution in [0.5, 0.6) is 0 Å². The summed E-state index contributed by atoms with van der Waals surface area (Å²) in [6.07, 6.45) is 6.84. The molecule has 0 unspecified atom stereocenters. The molecule has 212 valence electrons. The van der Waals surface area contributed by atoms with Crippen LogP contribution in [0, 0.1) is 18.2 Å². The number of carbonyl (C=O) groups is 1. The van der Waals surface area contributed by atoms with Crippen molar-refractivity contribution in [1.29, 1.82) is 0 Å². The molecule has 3 aromatic rings. The SMILES string of the molecule is CNC(=O)c1ccc(-c2nnc(SCCCNCCC3(C)CC3)n2C)cn1.Cc1ccc(C(C)(F)F)cc1F. The van der Waals surface area contributed by atoms with Crippen molar-refractivity contribution < 1.29 is 18.0 Å². The van der Waals surface area contributed by atoms with Crippen LogP contribution in [0.4, 0.5) is 13.2 Å². The number of halogens is 3. The first-order valence-electron chi connectivity index (χ1n) is 13.0. The third kappa shape index (κ3) is 9.06. The van der Waals surface area contributed by atoms with Crippen LogP contribution in [0.3, 0.4) is 0 Å². The monoisotopic (exact) mass is 562 g/mol. The lowest BCUT2D eigenvalue weighted by Gasteiger charge is -2.10. The number of thioether (sulfide) groups is 1. The van der Waals surface area contributed by atoms with Crippen LogP contribution in [0.2, 0.25) is 0 Å². The Kier molecular flexibility index (Phi) is 10.5. The molecule has 11 heteroatoms. The van der Waals surface area contributed by atoms with Crippen LogP contribution in [0.1, 0.15) is 61.1 Å². The molecule has 0 radical (unpaired) electrons. The quantitative estimate of drug-likeness (QED) is 0.229. The predicted octanol–water partition coefficient (Wildman–Crippen LogP) is 5.74. The van der Waals surface area contributed by atoms with E-state index in [-0.39, 0.29) is 11.5 Å². The van der Waals surface area contributed by atoms with Gasteiger partial charge in [-0.15, -0.1) is 10.2 Å². The van der Waals surface area contributed by atoms with Gasteiger partial charge in [0.2, 0.25) is 0 Å². The van der Waals surface area contributed by atoms with Gasteiger partial charge in [-0.25, -0.2) is 13.2 Å². The van der Waals surface area contributed by atoms with Crippen LogP contribution >= 0.6 is 11.8 Å². The molecule has 4 rings (SSSR count). The summed E-state index contributed by atoms with van der Waals surface area (Å²) in [7, 11) is 3.55. The van der Waals surface area contributed by atoms with E-state index in [1.807, 2.05) is 17.7 Å². The van der Waals surface area contributed by atoms with Gasteiger partial charge >= 0.3 is 0 Å². The number of alkyl halides is 2. The van der Waals surface area contributed by atoms with E-state index in [0.29, 0.717) is 16.7 Å². The van der Waals surface area contributed by atoms with Gasteiger partial charge in [0.15, 0.2) is 11.0 Å². The van der Waals surface area contributed by atoms with Gasteiger partial charge in [0.1, 0.15) is 11.5 Å². The molecular weight excluding hydrogens is 525 g/mol. The molecule has 1 saturated carbocycles. The van der Waals surface area contributed by atoms with Crippen LogP contribution in [0.25, 0.3) is 11.4 Å². The molecule has 0 spiro atoms. The normalized spacial score (nSPS) is 13.9. The summed E-state index contributed by atoms with van der Waals surface area (Å²) >= 11 is 1.71. The van der Waals surface area contributed by atoms with Gasteiger partial charge in [-0.3, -0.25) is 9.78 Å². The lowest BCUT2D eigenvalue weighted by atomic mass is 10.1. The second kappa shape index (κ2) is 13.4. The van der Waals surface area contributed by atoms with Crippen LogP contribution < -0.4 is 10.6 Å². The number of carbonyl (C=O) groups excluding carboxylic acids is 1. The standard InChI is InChI=1S/C19H28N6OS.C9H9F3/c1-19(7-8-19)9-11-21-10-4-12-27-18-24-23-16(25(18)3)14-5-6-15(22-13-14)17(26)20-2;1-6-3-4-7(5-8(6)10)9(2,11)12/h5-6,13,21H,4,7-12H2,1-3H3,(H,20,26);3-5H,1-2H3. The van der Waals surface area contributed by atoms with Gasteiger partial charge in [0.25, 0.3) is 11.8 Å². The maximum Gasteiger partial charge on any atom is 0.270 e. The zero-order valence-electron chi connectivity index (χ0n) is 23.2. The molecule has 1 amide bonds. The first kappa shape index (κ1) is 30.6. The fraction of sp³-hybridized carbons (Fsp3) is 0.500. The number of hydrogen-bond donors (Lipinski definition) is 2. The number of aryl methyl sites for hydroxylation is 1. The largest absolute Gasteiger partial charge is 0.354 e. The van der Waals surface area contributed by atoms with Crippen molar-refractivity contribution in [3.05, 3.63) is 59.2 Å². The summed E-state index contributed by atoms with van der Waals surface area (Å²) in [5.74, 6) is -1.99. The molecule has 1 fully saturated rings. The molecule has 1 aliphatic rings. The Morgan fingerprint density at radius 1 is 1.18 bits per heavy atom. The Hall–Kier alpha value is -2.92. The number of nitrogens with zero attached hydrogens (tertiary/aromatic N) is 4. The molecule has 2 aromatic heterocycles. The van der Waals surface area contributed by atoms with Gasteiger partial charge in [-0.05, 0) is 74.9 Å². The van der Waals surface area contributed by atoms with Crippen molar-refractivity contribution in [3.8, 4) is 11.4 Å². The van der Waals surface area contributed by atoms with Crippen molar-refractivity contribution in [2.24, 2.45) is 12.5 Å². The second-order valence-electron chi connectivity index (χ2n) is 10.2. The molecule has 1 aromatic carbocycles. The molecule has 2 heterocycles. The van der Waals surface area contributed by atoms with Crippen molar-refractivity contribution in [1.82, 2.24) is 30.4 Å². The fourth-order valence-corrected chi connectivity index (χ4v) is 4.54. The maximum absolute atomic E-state index is 12.8. The van der Waals surface area contributed by atoms with E-state index in [1.54, 1.807) is 31.1 Å². The molecule has 0 bridgehead atoms. The highest BCUT2D eigenvalue weighted by atomic mass is 32.2. The Morgan fingerprint density at radius 3 is 2.51 bits per heavy atom. The number of nitrogens with one attached hydrogen (secondary N) is 2. The molecule has 0 atom stereocenters. The van der Waals surface area contributed by atoms with E-state index < -0.39 is 11.7 Å². The molecule has 1 aliphatic carbocycles. The highest BCUT2D eigenvalue weighted by Gasteiger charge is 2.36. The lowest BCUT2D eigenvalue weighted by Crippen LogP contribution is -2.19. The highest BCUT2D eigenvalue weighted by molar-refractivity contribution is 7.99. The minimum atomic E-state index is -2.96. The first-order chi connectivity index (χ1) is 18.4. The fourth-order valence-electron chi connectivity index (χ4n) is 3.69. The second-order valence-corrected chi connectivity index (χ2v) is 11.3. The minimum absolute atomic E-state index is 0.199. The number of aromatic nitrogens is 4. The molecule has 7 nitrogen and oxygen atoms in total. The number of pyridine rings is 1. The molecule has 2 N–H and O–H groups in total. The van der Waals surface area contributed by atoms with Crippen LogP contribution in [0.15, 0.2) is 41.7 Å². The van der Waals surface area contributed by atoms with Gasteiger partial charge in [-0.2, -0.15) is 0 Å². The summed E-state index contributed by atoms with van der Waals surface area (Å²) < 4.78 is 40.0. The molecule has 39 heavy (non-hydrogen) atoms. The molecule has 0 saturated heterocycles. The van der Waals surface area contributed by atoms with Crippen molar-refractivity contribution >= 4 is 17.7 Å². The summed E-state index contributed by atoms with van der Waals surface area (Å²) in [5.41, 5.74) is 1.96. The average molecular weight is 563 g/mol. The topological polar surface area (TPSA) is 84.7 Å². The average Bonchev–Trinajstić information content (AvgIpc) is 3.53. The predicted molar refractivity (Wildman–Crippen MR) is 148 cm³/mol. The number of hydrogen-bond acceptors (Lipinski definition) is 6. The van der Waals surface area contributed by atoms with E-state index in [1.165, 1.54) is 38.3 Å². The van der Waals surface area contributed by atoms with Crippen LogP contribution in [-0.4, -0.2) is 51.5 Å². The first-order valence-corrected chi connectivity index (χ1v) is 14.0. The Balaban J connectivity index is 0.000000293. The summed E-state index contributed by atoms with van der Waals surface area (Å²) in [4.78, 5) is 15.8. The van der Waals surface area contributed by atoms with E-state index in [9.17, 15) is 18.0 Å². The van der Waals surface area contributed by atoms with E-state index in [0.717, 1.165) is 54.8 Å². The minimum Gasteiger partial charge on any atom is -0.354 e. The summed E-state index contributed by atoms with van der Waals surface area (Å²) in [6, 6.07) is 7.00. The summed E-state index contributed by atoms with van der Waals surface area (Å²) in [5, 5.41) is 15.6. The lowest BCUT2D eigenvalue weighted by molar-refractivity contribution is 0.0171. The van der Waals surface area contributed by atoms with E-state index >= 15 is 0 Å². The van der Waals surface area contributed by atoms with Gasteiger partial charge in [0, 0.05) is 44.1 Å². The highest BCUT2D eigenvalue weighted by Crippen LogP contribution is 2.47. The van der Waals surface area contributed by atoms with Gasteiger partial charge < -0.3 is 15.2 Å². The third-order valence-corrected chi connectivity index (χ3v) is 7.84. The number of amides is 1. The zero-order chi connectivity index (χ0) is 28.6. The third-order valence-electron chi connectivity index (χ3n) is 6.73. The van der Waals surface area contributed by atoms with E-state index in [2.05, 4.69) is 32.7 Å².